The highest BCUT2D eigenvalue weighted by molar-refractivity contribution is 5.88. The minimum Gasteiger partial charge on any atom is -0.484 e. The zero-order chi connectivity index (χ0) is 26.4. The van der Waals surface area contributed by atoms with Crippen LogP contribution in [0, 0.1) is 17.7 Å². The van der Waals surface area contributed by atoms with Crippen LogP contribution in [0.1, 0.15) is 45.8 Å². The molecule has 36 heavy (non-hydrogen) atoms. The molecule has 0 heterocycles. The summed E-state index contributed by atoms with van der Waals surface area (Å²) in [6.07, 6.45) is -0.856. The van der Waals surface area contributed by atoms with Crippen molar-refractivity contribution in [2.75, 3.05) is 6.61 Å². The van der Waals surface area contributed by atoms with Gasteiger partial charge in [0.15, 0.2) is 12.0 Å². The van der Waals surface area contributed by atoms with Crippen LogP contribution in [0.25, 0.3) is 11.1 Å². The van der Waals surface area contributed by atoms with Gasteiger partial charge in [-0.15, -0.1) is 0 Å². The van der Waals surface area contributed by atoms with Crippen molar-refractivity contribution in [1.29, 1.82) is 0 Å². The minimum atomic E-state index is -1.24. The van der Waals surface area contributed by atoms with Gasteiger partial charge < -0.3 is 20.5 Å². The van der Waals surface area contributed by atoms with Crippen molar-refractivity contribution in [2.24, 2.45) is 11.8 Å². The second kappa shape index (κ2) is 11.9. The molecule has 2 amide bonds. The number of aliphatic hydroxyl groups excluding tert-OH is 1. The summed E-state index contributed by atoms with van der Waals surface area (Å²) >= 11 is 0. The van der Waals surface area contributed by atoms with Gasteiger partial charge in [-0.3, -0.25) is 14.4 Å². The third kappa shape index (κ3) is 7.01. The Morgan fingerprint density at radius 3 is 2.19 bits per heavy atom. The first-order valence-electron chi connectivity index (χ1n) is 12.1. The Morgan fingerprint density at radius 2 is 1.61 bits per heavy atom. The third-order valence-corrected chi connectivity index (χ3v) is 5.95. The van der Waals surface area contributed by atoms with E-state index in [9.17, 15) is 23.9 Å². The Bertz CT molecular complexity index is 1170. The third-order valence-electron chi connectivity index (χ3n) is 5.95. The van der Waals surface area contributed by atoms with Crippen LogP contribution in [0.5, 0.6) is 5.75 Å². The zero-order valence-corrected chi connectivity index (χ0v) is 21.0. The lowest BCUT2D eigenvalue weighted by molar-refractivity contribution is -0.131. The molecule has 3 atom stereocenters. The van der Waals surface area contributed by atoms with Gasteiger partial charge >= 0.3 is 0 Å². The van der Waals surface area contributed by atoms with E-state index in [0.717, 1.165) is 0 Å². The largest absolute Gasteiger partial charge is 0.484 e. The number of carbonyl (C=O) groups is 2. The van der Waals surface area contributed by atoms with Gasteiger partial charge in [0.1, 0.15) is 23.7 Å². The van der Waals surface area contributed by atoms with Crippen LogP contribution >= 0.6 is 0 Å². The molecule has 0 aromatic heterocycles. The summed E-state index contributed by atoms with van der Waals surface area (Å²) in [4.78, 5) is 38.2. The van der Waals surface area contributed by atoms with Crippen molar-refractivity contribution in [3.8, 4) is 16.9 Å². The molecule has 0 fully saturated rings. The second-order valence-electron chi connectivity index (χ2n) is 9.70. The number of para-hydroxylation sites is 1. The SMILES string of the molecule is CC(C)C[C@H](NC(=O)COc1ccccc1)C(=O)N[C@@H](C(C)C)[C@H](O)c1c(-c2ccc(F)cc2)c1=O. The molecule has 3 N–H and O–H groups in total. The summed E-state index contributed by atoms with van der Waals surface area (Å²) in [5.41, 5.74) is 0.764. The molecule has 0 aliphatic heterocycles. The molecule has 3 aromatic rings. The number of amides is 2. The van der Waals surface area contributed by atoms with E-state index in [4.69, 9.17) is 4.74 Å². The topological polar surface area (TPSA) is 105 Å². The van der Waals surface area contributed by atoms with Gasteiger partial charge in [-0.05, 0) is 48.1 Å². The summed E-state index contributed by atoms with van der Waals surface area (Å²) in [5.74, 6) is -0.881. The predicted molar refractivity (Wildman–Crippen MR) is 136 cm³/mol. The van der Waals surface area contributed by atoms with Gasteiger partial charge in [0.05, 0.1) is 6.04 Å². The van der Waals surface area contributed by atoms with Crippen LogP contribution < -0.4 is 20.8 Å². The number of hydrogen-bond acceptors (Lipinski definition) is 5. The maximum Gasteiger partial charge on any atom is 0.258 e. The van der Waals surface area contributed by atoms with E-state index in [2.05, 4.69) is 10.6 Å². The lowest BCUT2D eigenvalue weighted by Gasteiger charge is -2.29. The van der Waals surface area contributed by atoms with Gasteiger partial charge in [0.2, 0.25) is 5.91 Å². The maximum absolute atomic E-state index is 13.3. The van der Waals surface area contributed by atoms with Crippen molar-refractivity contribution in [1.82, 2.24) is 10.6 Å². The smallest absolute Gasteiger partial charge is 0.258 e. The van der Waals surface area contributed by atoms with Crippen molar-refractivity contribution < 1.29 is 23.8 Å². The average Bonchev–Trinajstić information content (AvgIpc) is 3.51. The summed E-state index contributed by atoms with van der Waals surface area (Å²) in [6, 6.07) is 12.7. The van der Waals surface area contributed by atoms with Crippen molar-refractivity contribution in [3.63, 3.8) is 0 Å². The maximum atomic E-state index is 13.3. The zero-order valence-electron chi connectivity index (χ0n) is 21.0. The van der Waals surface area contributed by atoms with Crippen molar-refractivity contribution in [3.05, 3.63) is 76.2 Å². The highest BCUT2D eigenvalue weighted by Gasteiger charge is 2.37. The van der Waals surface area contributed by atoms with Gasteiger partial charge in [0, 0.05) is 11.1 Å². The molecule has 7 nitrogen and oxygen atoms in total. The Hall–Kier alpha value is -3.52. The van der Waals surface area contributed by atoms with Crippen LogP contribution in [0.15, 0.2) is 59.4 Å². The predicted octanol–water partition coefficient (Wildman–Crippen LogP) is 3.51. The number of ether oxygens (including phenoxy) is 1. The first-order chi connectivity index (χ1) is 17.1. The molecule has 0 saturated heterocycles. The van der Waals surface area contributed by atoms with Crippen LogP contribution in [-0.4, -0.2) is 35.6 Å². The van der Waals surface area contributed by atoms with Crippen LogP contribution in [0.2, 0.25) is 0 Å². The highest BCUT2D eigenvalue weighted by atomic mass is 19.1. The fourth-order valence-electron chi connectivity index (χ4n) is 4.03. The second-order valence-corrected chi connectivity index (χ2v) is 9.70. The fraction of sp³-hybridized carbons (Fsp3) is 0.393. The molecule has 0 aliphatic rings. The standard InChI is InChI=1S/C28H33FN2O5/c1-16(2)14-21(30-22(32)15-36-20-8-6-5-7-9-20)28(35)31-25(17(3)4)27(34)24-23(26(24)33)18-10-12-19(29)13-11-18/h5-13,16-17,21,25,27,34H,14-15H2,1-4H3,(H,30,32)(H,31,35)/t21-,25-,27+/m0/s1. The van der Waals surface area contributed by atoms with E-state index in [1.807, 2.05) is 33.8 Å². The first-order valence-corrected chi connectivity index (χ1v) is 12.1. The number of nitrogens with one attached hydrogen (secondary N) is 2. The average molecular weight is 497 g/mol. The van der Waals surface area contributed by atoms with Crippen molar-refractivity contribution in [2.45, 2.75) is 52.3 Å². The molecule has 0 spiro atoms. The van der Waals surface area contributed by atoms with Gasteiger partial charge in [-0.1, -0.05) is 58.0 Å². The molecule has 0 saturated carbocycles. The lowest BCUT2D eigenvalue weighted by Crippen LogP contribution is -2.53. The quantitative estimate of drug-likeness (QED) is 0.356. The van der Waals surface area contributed by atoms with Gasteiger partial charge in [0.25, 0.3) is 5.91 Å². The molecule has 8 heteroatoms. The normalized spacial score (nSPS) is 14.0. The van der Waals surface area contributed by atoms with E-state index >= 15 is 0 Å². The minimum absolute atomic E-state index is 0.108. The molecule has 0 aliphatic carbocycles. The van der Waals surface area contributed by atoms with Crippen molar-refractivity contribution >= 4 is 11.8 Å². The molecule has 0 radical (unpaired) electrons. The summed E-state index contributed by atoms with van der Waals surface area (Å²) in [5, 5.41) is 16.6. The number of benzene rings is 2. The molecule has 3 aromatic carbocycles. The summed E-state index contributed by atoms with van der Waals surface area (Å²) < 4.78 is 18.7. The molecular formula is C28H33FN2O5. The van der Waals surface area contributed by atoms with Crippen LogP contribution in [0.4, 0.5) is 4.39 Å². The first kappa shape index (κ1) is 27.1. The summed E-state index contributed by atoms with van der Waals surface area (Å²) in [7, 11) is 0. The Morgan fingerprint density at radius 1 is 0.972 bits per heavy atom. The molecule has 0 bridgehead atoms. The van der Waals surface area contributed by atoms with E-state index in [1.54, 1.807) is 24.3 Å². The van der Waals surface area contributed by atoms with E-state index in [1.165, 1.54) is 24.3 Å². The summed E-state index contributed by atoms with van der Waals surface area (Å²) in [6.45, 7) is 7.27. The Balaban J connectivity index is 1.68. The molecule has 0 unspecified atom stereocenters. The van der Waals surface area contributed by atoms with Gasteiger partial charge in [-0.25, -0.2) is 4.39 Å². The van der Waals surface area contributed by atoms with E-state index < -0.39 is 35.8 Å². The van der Waals surface area contributed by atoms with Gasteiger partial charge in [-0.2, -0.15) is 0 Å². The monoisotopic (exact) mass is 496 g/mol. The number of aliphatic hydroxyl groups is 1. The van der Waals surface area contributed by atoms with E-state index in [0.29, 0.717) is 23.3 Å². The van der Waals surface area contributed by atoms with Crippen LogP contribution in [-0.2, 0) is 9.59 Å². The van der Waals surface area contributed by atoms with E-state index in [-0.39, 0.29) is 29.4 Å². The number of rotatable bonds is 12. The Labute approximate surface area is 210 Å². The molecule has 192 valence electrons. The number of hydrogen-bond donors (Lipinski definition) is 3. The number of halogens is 1. The highest BCUT2D eigenvalue weighted by Crippen LogP contribution is 2.34. The molecular weight excluding hydrogens is 463 g/mol. The lowest BCUT2D eigenvalue weighted by atomic mass is 9.95. The number of carbonyl (C=O) groups excluding carboxylic acids is 2. The fourth-order valence-corrected chi connectivity index (χ4v) is 4.03. The van der Waals surface area contributed by atoms with Crippen LogP contribution in [0.3, 0.4) is 0 Å². The Kier molecular flexibility index (Phi) is 8.98. The molecule has 3 rings (SSSR count).